The van der Waals surface area contributed by atoms with Crippen LogP contribution in [0.25, 0.3) is 0 Å². The molecule has 0 rings (SSSR count). The van der Waals surface area contributed by atoms with E-state index in [1.54, 1.807) is 0 Å². The first-order valence-corrected chi connectivity index (χ1v) is 7.31. The number of hydrogen-bond acceptors (Lipinski definition) is 0. The summed E-state index contributed by atoms with van der Waals surface area (Å²) in [6.45, 7) is 2.28. The van der Waals surface area contributed by atoms with E-state index in [1.165, 1.54) is 74.7 Å². The third kappa shape index (κ3) is 13.9. The van der Waals surface area contributed by atoms with Crippen molar-refractivity contribution in [1.82, 2.24) is 0 Å². The summed E-state index contributed by atoms with van der Waals surface area (Å²) >= 11 is 1.50. The molecule has 0 aromatic carbocycles. The van der Waals surface area contributed by atoms with Crippen molar-refractivity contribution < 1.29 is 18.3 Å². The van der Waals surface area contributed by atoms with E-state index in [0.29, 0.717) is 0 Å². The first-order valence-electron chi connectivity index (χ1n) is 5.21. The third-order valence-electron chi connectivity index (χ3n) is 2.10. The molecule has 0 bridgehead atoms. The van der Waals surface area contributed by atoms with E-state index in [4.69, 9.17) is 0 Å². The molecule has 2 heteroatoms. The van der Waals surface area contributed by atoms with Crippen LogP contribution in [0.4, 0.5) is 0 Å². The third-order valence-corrected chi connectivity index (χ3v) is 3.15. The zero-order valence-electron chi connectivity index (χ0n) is 8.48. The fourth-order valence-corrected chi connectivity index (χ4v) is 2.05. The van der Waals surface area contributed by atoms with Crippen molar-refractivity contribution in [2.75, 3.05) is 0 Å². The van der Waals surface area contributed by atoms with Crippen LogP contribution in [0.1, 0.15) is 58.3 Å². The molecule has 0 unspecified atom stereocenters. The molecule has 0 nitrogen and oxygen atoms in total. The van der Waals surface area contributed by atoms with E-state index in [-0.39, 0.29) is 24.0 Å². The minimum Gasteiger partial charge on any atom is -0.107 e. The van der Waals surface area contributed by atoms with Gasteiger partial charge in [-0.2, -0.15) is 0 Å². The number of unbranched alkanes of at least 4 members (excludes halogenated alkanes) is 7. The second-order valence-electron chi connectivity index (χ2n) is 3.33. The van der Waals surface area contributed by atoms with Gasteiger partial charge < -0.3 is 0 Å². The molecular weight excluding hydrogens is 312 g/mol. The van der Waals surface area contributed by atoms with E-state index in [9.17, 15) is 0 Å². The van der Waals surface area contributed by atoms with Gasteiger partial charge in [0.25, 0.3) is 0 Å². The summed E-state index contributed by atoms with van der Waals surface area (Å²) in [5, 5.41) is 1.50. The maximum atomic E-state index is 2.28. The van der Waals surface area contributed by atoms with Gasteiger partial charge in [-0.1, -0.05) is 0 Å². The Bertz CT molecular complexity index is 58.9. The molecule has 12 heavy (non-hydrogen) atoms. The van der Waals surface area contributed by atoms with Crippen molar-refractivity contribution in [3.8, 4) is 0 Å². The van der Waals surface area contributed by atoms with Crippen molar-refractivity contribution in [2.45, 2.75) is 63.3 Å². The van der Waals surface area contributed by atoms with Gasteiger partial charge in [-0.3, -0.25) is 0 Å². The molecule has 0 aliphatic rings. The van der Waals surface area contributed by atoms with Crippen LogP contribution in [-0.2, 0) is 18.3 Å². The molecule has 0 aromatic heterocycles. The molecule has 0 fully saturated rings. The molecule has 0 atom stereocenters. The summed E-state index contributed by atoms with van der Waals surface area (Å²) in [6.07, 6.45) is 11.7. The Labute approximate surface area is 105 Å². The molecule has 0 aliphatic carbocycles. The Balaban J connectivity index is 0. The smallest absolute Gasteiger partial charge is 0.107 e. The van der Waals surface area contributed by atoms with Crippen LogP contribution in [0.5, 0.6) is 0 Å². The molecular formula is C10H22IZn. The summed E-state index contributed by atoms with van der Waals surface area (Å²) < 4.78 is 0. The van der Waals surface area contributed by atoms with Gasteiger partial charge in [-0.15, -0.1) is 24.0 Å². The summed E-state index contributed by atoms with van der Waals surface area (Å²) in [5.74, 6) is 0. The largest absolute Gasteiger partial charge is 0.107 e. The van der Waals surface area contributed by atoms with Gasteiger partial charge in [0, 0.05) is 0 Å². The molecule has 0 heterocycles. The van der Waals surface area contributed by atoms with E-state index >= 15 is 0 Å². The summed E-state index contributed by atoms with van der Waals surface area (Å²) in [4.78, 5) is 0. The van der Waals surface area contributed by atoms with Gasteiger partial charge >= 0.3 is 81.6 Å². The molecule has 0 aromatic rings. The fourth-order valence-electron chi connectivity index (χ4n) is 1.31. The summed E-state index contributed by atoms with van der Waals surface area (Å²) in [5.41, 5.74) is 0. The Morgan fingerprint density at radius 1 is 0.750 bits per heavy atom. The molecule has 0 saturated heterocycles. The van der Waals surface area contributed by atoms with Crippen LogP contribution < -0.4 is 0 Å². The fraction of sp³-hybridized carbons (Fsp3) is 1.00. The molecule has 0 radical (unpaired) electrons. The zero-order chi connectivity index (χ0) is 8.36. The minimum absolute atomic E-state index is 0. The average molecular weight is 335 g/mol. The van der Waals surface area contributed by atoms with Crippen molar-refractivity contribution in [2.24, 2.45) is 0 Å². The number of rotatable bonds is 8. The summed E-state index contributed by atoms with van der Waals surface area (Å²) in [6, 6.07) is 0. The van der Waals surface area contributed by atoms with Gasteiger partial charge in [-0.05, 0) is 0 Å². The zero-order valence-corrected chi connectivity index (χ0v) is 13.8. The quantitative estimate of drug-likeness (QED) is 0.342. The van der Waals surface area contributed by atoms with Crippen molar-refractivity contribution in [1.29, 1.82) is 0 Å². The second-order valence-corrected chi connectivity index (χ2v) is 4.81. The molecule has 0 amide bonds. The molecule has 0 aliphatic heterocycles. The number of halogens is 1. The van der Waals surface area contributed by atoms with Gasteiger partial charge in [0.1, 0.15) is 0 Å². The van der Waals surface area contributed by atoms with Crippen molar-refractivity contribution in [3.63, 3.8) is 0 Å². The topological polar surface area (TPSA) is 0 Å². The molecule has 71 valence electrons. The van der Waals surface area contributed by atoms with Gasteiger partial charge in [0.15, 0.2) is 0 Å². The second kappa shape index (κ2) is 14.9. The SMILES string of the molecule is CCCCCCCCC[CH2][Zn].I. The summed E-state index contributed by atoms with van der Waals surface area (Å²) in [7, 11) is 0. The van der Waals surface area contributed by atoms with Crippen LogP contribution in [0.2, 0.25) is 5.02 Å². The van der Waals surface area contributed by atoms with Crippen molar-refractivity contribution >= 4 is 24.0 Å². The average Bonchev–Trinajstić information content (AvgIpc) is 2.03. The van der Waals surface area contributed by atoms with E-state index in [2.05, 4.69) is 6.92 Å². The standard InChI is InChI=1S/C10H21.HI.Zn/c1-3-5-7-9-10-8-6-4-2;;/h1,3-10H2,2H3;1H;. The van der Waals surface area contributed by atoms with Crippen LogP contribution >= 0.6 is 24.0 Å². The molecule has 0 spiro atoms. The minimum atomic E-state index is 0. The Morgan fingerprint density at radius 3 is 1.58 bits per heavy atom. The maximum Gasteiger partial charge on any atom is -0.107 e. The van der Waals surface area contributed by atoms with E-state index in [0.717, 1.165) is 0 Å². The first kappa shape index (κ1) is 15.8. The van der Waals surface area contributed by atoms with Crippen LogP contribution in [0.3, 0.4) is 0 Å². The van der Waals surface area contributed by atoms with E-state index < -0.39 is 0 Å². The molecule has 0 saturated carbocycles. The van der Waals surface area contributed by atoms with Crippen LogP contribution in [0, 0.1) is 0 Å². The Kier molecular flexibility index (Phi) is 19.6. The van der Waals surface area contributed by atoms with Crippen LogP contribution in [0.15, 0.2) is 0 Å². The molecule has 0 N–H and O–H groups in total. The predicted octanol–water partition coefficient (Wildman–Crippen LogP) is 4.71. The van der Waals surface area contributed by atoms with Gasteiger partial charge in [0.2, 0.25) is 0 Å². The number of hydrogen-bond donors (Lipinski definition) is 0. The Hall–Kier alpha value is 1.35. The van der Waals surface area contributed by atoms with Crippen LogP contribution in [-0.4, -0.2) is 0 Å². The first-order chi connectivity index (χ1) is 5.41. The Morgan fingerprint density at radius 2 is 1.17 bits per heavy atom. The van der Waals surface area contributed by atoms with Gasteiger partial charge in [0.05, 0.1) is 0 Å². The predicted molar refractivity (Wildman–Crippen MR) is 62.8 cm³/mol. The maximum absolute atomic E-state index is 2.28. The normalized spacial score (nSPS) is 9.58. The van der Waals surface area contributed by atoms with E-state index in [1.807, 2.05) is 0 Å². The monoisotopic (exact) mass is 333 g/mol. The van der Waals surface area contributed by atoms with Gasteiger partial charge in [-0.25, -0.2) is 0 Å². The van der Waals surface area contributed by atoms with Crippen molar-refractivity contribution in [3.05, 3.63) is 0 Å².